The van der Waals surface area contributed by atoms with Gasteiger partial charge in [0, 0.05) is 31.2 Å². The molecule has 0 aliphatic heterocycles. The van der Waals surface area contributed by atoms with Gasteiger partial charge in [0.2, 0.25) is 0 Å². The summed E-state index contributed by atoms with van der Waals surface area (Å²) in [4.78, 5) is 8.61. The number of aromatic nitrogens is 2. The first-order chi connectivity index (χ1) is 16.4. The molecule has 0 spiro atoms. The molecule has 3 rings (SSSR count). The van der Waals surface area contributed by atoms with E-state index in [4.69, 9.17) is 29.7 Å². The molecule has 180 valence electrons. The van der Waals surface area contributed by atoms with Crippen molar-refractivity contribution >= 4 is 32.5 Å². The van der Waals surface area contributed by atoms with Crippen LogP contribution in [0.2, 0.25) is 0 Å². The van der Waals surface area contributed by atoms with E-state index in [1.54, 1.807) is 50.6 Å². The van der Waals surface area contributed by atoms with E-state index in [9.17, 15) is 8.42 Å². The molecular formula is C23H25N3O7S. The van der Waals surface area contributed by atoms with E-state index >= 15 is 0 Å². The summed E-state index contributed by atoms with van der Waals surface area (Å²) in [6.07, 6.45) is 7.75. The van der Waals surface area contributed by atoms with Gasteiger partial charge in [-0.25, -0.2) is 9.97 Å². The molecule has 2 aromatic carbocycles. The highest BCUT2D eigenvalue weighted by Crippen LogP contribution is 2.37. The summed E-state index contributed by atoms with van der Waals surface area (Å²) in [6.45, 7) is 1.30. The smallest absolute Gasteiger partial charge is 0.285 e. The Morgan fingerprint density at radius 3 is 2.26 bits per heavy atom. The molecular weight excluding hydrogens is 462 g/mol. The third kappa shape index (κ3) is 6.55. The van der Waals surface area contributed by atoms with E-state index in [-0.39, 0.29) is 12.4 Å². The van der Waals surface area contributed by atoms with Crippen molar-refractivity contribution in [3.05, 3.63) is 48.3 Å². The first-order valence-corrected chi connectivity index (χ1v) is 12.0. The van der Waals surface area contributed by atoms with Crippen LogP contribution in [0, 0.1) is 12.3 Å². The Labute approximate surface area is 198 Å². The minimum atomic E-state index is -3.93. The third-order valence-electron chi connectivity index (χ3n) is 4.42. The minimum Gasteiger partial charge on any atom is -0.487 e. The molecule has 0 amide bonds. The lowest BCUT2D eigenvalue weighted by Crippen LogP contribution is -2.23. The van der Waals surface area contributed by atoms with Gasteiger partial charge in [0.25, 0.3) is 10.1 Å². The Kier molecular flexibility index (Phi) is 8.61. The molecule has 0 aliphatic carbocycles. The number of hydrogen-bond donors (Lipinski definition) is 0. The normalized spacial score (nSPS) is 11.2. The molecule has 0 saturated carbocycles. The lowest BCUT2D eigenvalue weighted by molar-refractivity contribution is 0.132. The summed E-state index contributed by atoms with van der Waals surface area (Å²) in [5.74, 6) is 3.53. The van der Waals surface area contributed by atoms with Crippen molar-refractivity contribution in [3.63, 3.8) is 0 Å². The van der Waals surface area contributed by atoms with Crippen molar-refractivity contribution in [2.24, 2.45) is 0 Å². The molecule has 0 bridgehead atoms. The van der Waals surface area contributed by atoms with Crippen LogP contribution in [-0.2, 0) is 23.9 Å². The van der Waals surface area contributed by atoms with Gasteiger partial charge in [-0.3, -0.25) is 0 Å². The number of ether oxygens (including phenoxy) is 4. The number of benzene rings is 2. The van der Waals surface area contributed by atoms with Crippen LogP contribution in [0.4, 0.5) is 11.5 Å². The Balaban J connectivity index is 2.16. The summed E-state index contributed by atoms with van der Waals surface area (Å²) < 4.78 is 51.3. The van der Waals surface area contributed by atoms with Gasteiger partial charge < -0.3 is 18.9 Å². The van der Waals surface area contributed by atoms with Gasteiger partial charge in [-0.15, -0.1) is 10.7 Å². The van der Waals surface area contributed by atoms with E-state index in [0.717, 1.165) is 11.3 Å². The fourth-order valence-corrected chi connectivity index (χ4v) is 3.39. The first-order valence-electron chi connectivity index (χ1n) is 10.1. The topological polar surface area (TPSA) is 109 Å². The lowest BCUT2D eigenvalue weighted by atomic mass is 10.1. The van der Waals surface area contributed by atoms with Crippen LogP contribution >= 0.6 is 0 Å². The molecule has 1 heterocycles. The average Bonchev–Trinajstić information content (AvgIpc) is 2.82. The second-order valence-electron chi connectivity index (χ2n) is 6.96. The monoisotopic (exact) mass is 487 g/mol. The number of nitrogens with zero attached hydrogens (tertiary/aromatic N) is 3. The van der Waals surface area contributed by atoms with Crippen LogP contribution in [0.15, 0.2) is 42.7 Å². The maximum atomic E-state index is 12.1. The fraction of sp³-hybridized carbons (Fsp3) is 0.304. The van der Waals surface area contributed by atoms with Gasteiger partial charge in [-0.05, 0) is 24.3 Å². The van der Waals surface area contributed by atoms with E-state index in [1.165, 1.54) is 6.33 Å². The Hall–Kier alpha value is -3.43. The van der Waals surface area contributed by atoms with Crippen molar-refractivity contribution in [1.82, 2.24) is 9.97 Å². The van der Waals surface area contributed by atoms with Crippen molar-refractivity contribution in [1.29, 1.82) is 0 Å². The molecule has 1 aromatic heterocycles. The van der Waals surface area contributed by atoms with Crippen molar-refractivity contribution in [2.45, 2.75) is 0 Å². The zero-order chi connectivity index (χ0) is 24.6. The standard InChI is InChI=1S/C23H25N3O7S/c1-5-17-7-6-8-18(13-17)26(33-34(4,27)28)23-19-14-21(31-11-9-29-2)22(32-12-10-30-3)15-20(19)24-16-25-23/h1,6-8,13-16H,9-12H2,2-4H3. The van der Waals surface area contributed by atoms with Crippen LogP contribution in [-0.4, -0.2) is 65.3 Å². The van der Waals surface area contributed by atoms with Crippen LogP contribution < -0.4 is 14.5 Å². The van der Waals surface area contributed by atoms with Gasteiger partial charge in [-0.2, -0.15) is 13.5 Å². The molecule has 0 unspecified atom stereocenters. The number of fused-ring (bicyclic) bond motifs is 1. The maximum absolute atomic E-state index is 12.1. The van der Waals surface area contributed by atoms with Crippen molar-refractivity contribution in [2.75, 3.05) is 52.0 Å². The van der Waals surface area contributed by atoms with E-state index in [1.807, 2.05) is 0 Å². The van der Waals surface area contributed by atoms with Crippen molar-refractivity contribution in [3.8, 4) is 23.8 Å². The molecule has 3 aromatic rings. The first kappa shape index (κ1) is 25.2. The molecule has 0 fully saturated rings. The zero-order valence-electron chi connectivity index (χ0n) is 19.1. The van der Waals surface area contributed by atoms with E-state index in [0.29, 0.717) is 53.5 Å². The molecule has 10 nitrogen and oxygen atoms in total. The third-order valence-corrected chi connectivity index (χ3v) is 4.84. The molecule has 11 heteroatoms. The zero-order valence-corrected chi connectivity index (χ0v) is 19.9. The Morgan fingerprint density at radius 1 is 0.971 bits per heavy atom. The van der Waals surface area contributed by atoms with Gasteiger partial charge in [0.1, 0.15) is 19.5 Å². The highest BCUT2D eigenvalue weighted by Gasteiger charge is 2.22. The summed E-state index contributed by atoms with van der Waals surface area (Å²) in [5.41, 5.74) is 1.38. The summed E-state index contributed by atoms with van der Waals surface area (Å²) in [7, 11) is -0.791. The average molecular weight is 488 g/mol. The fourth-order valence-electron chi connectivity index (χ4n) is 2.97. The summed E-state index contributed by atoms with van der Waals surface area (Å²) >= 11 is 0. The SMILES string of the molecule is C#Cc1cccc(N(OS(C)(=O)=O)c2ncnc3cc(OCCOC)c(OCCOC)cc23)c1. The molecule has 0 atom stereocenters. The predicted octanol–water partition coefficient (Wildman–Crippen LogP) is 2.69. The second-order valence-corrected chi connectivity index (χ2v) is 8.52. The molecule has 0 radical (unpaired) electrons. The summed E-state index contributed by atoms with van der Waals surface area (Å²) in [5, 5.41) is 1.55. The highest BCUT2D eigenvalue weighted by molar-refractivity contribution is 7.86. The molecule has 0 N–H and O–H groups in total. The van der Waals surface area contributed by atoms with Crippen LogP contribution in [0.25, 0.3) is 10.9 Å². The van der Waals surface area contributed by atoms with E-state index < -0.39 is 10.1 Å². The number of hydrogen-bond acceptors (Lipinski definition) is 10. The van der Waals surface area contributed by atoms with Gasteiger partial charge >= 0.3 is 0 Å². The van der Waals surface area contributed by atoms with Crippen LogP contribution in [0.1, 0.15) is 5.56 Å². The summed E-state index contributed by atoms with van der Waals surface area (Å²) in [6, 6.07) is 10.00. The Morgan fingerprint density at radius 2 is 1.65 bits per heavy atom. The number of methoxy groups -OCH3 is 2. The van der Waals surface area contributed by atoms with Gasteiger partial charge in [0.15, 0.2) is 17.3 Å². The van der Waals surface area contributed by atoms with E-state index in [2.05, 4.69) is 15.9 Å². The second kappa shape index (κ2) is 11.6. The predicted molar refractivity (Wildman–Crippen MR) is 127 cm³/mol. The number of rotatable bonds is 12. The minimum absolute atomic E-state index is 0.171. The number of terminal acetylenes is 1. The molecule has 34 heavy (non-hydrogen) atoms. The van der Waals surface area contributed by atoms with Crippen LogP contribution in [0.5, 0.6) is 11.5 Å². The lowest BCUT2D eigenvalue weighted by Gasteiger charge is -2.23. The largest absolute Gasteiger partial charge is 0.487 e. The Bertz CT molecular complexity index is 1280. The quantitative estimate of drug-likeness (QED) is 0.215. The maximum Gasteiger partial charge on any atom is 0.285 e. The molecule has 0 aliphatic rings. The highest BCUT2D eigenvalue weighted by atomic mass is 32.2. The number of anilines is 2. The molecule has 0 saturated heterocycles. The van der Waals surface area contributed by atoms with Gasteiger partial charge in [-0.1, -0.05) is 12.0 Å². The van der Waals surface area contributed by atoms with Crippen molar-refractivity contribution < 1.29 is 31.6 Å². The van der Waals surface area contributed by atoms with Crippen LogP contribution in [0.3, 0.4) is 0 Å². The van der Waals surface area contributed by atoms with Gasteiger partial charge in [0.05, 0.1) is 30.7 Å².